The Morgan fingerprint density at radius 3 is 1.56 bits per heavy atom. The second-order valence-electron chi connectivity index (χ2n) is 15.1. The van der Waals surface area contributed by atoms with Crippen molar-refractivity contribution in [2.75, 3.05) is 4.90 Å². The van der Waals surface area contributed by atoms with Crippen LogP contribution in [0.15, 0.2) is 237 Å². The van der Waals surface area contributed by atoms with Gasteiger partial charge < -0.3 is 9.47 Å². The van der Waals surface area contributed by atoms with Crippen molar-refractivity contribution in [1.29, 1.82) is 0 Å². The van der Waals surface area contributed by atoms with Crippen LogP contribution >= 0.6 is 0 Å². The van der Waals surface area contributed by atoms with Crippen LogP contribution < -0.4 is 4.90 Å². The molecule has 0 spiro atoms. The maximum absolute atomic E-state index is 17.0. The average Bonchev–Trinajstić information content (AvgIpc) is 3.69. The smallest absolute Gasteiger partial charge is 0.148 e. The molecule has 1 heterocycles. The van der Waals surface area contributed by atoms with Gasteiger partial charge in [0.2, 0.25) is 0 Å². The second kappa shape index (κ2) is 16.7. The third-order valence-electron chi connectivity index (χ3n) is 11.2. The van der Waals surface area contributed by atoms with Crippen LogP contribution in [0.1, 0.15) is 11.1 Å². The molecule has 0 fully saturated rings. The van der Waals surface area contributed by atoms with Crippen LogP contribution in [0.2, 0.25) is 0 Å². The Morgan fingerprint density at radius 2 is 0.934 bits per heavy atom. The van der Waals surface area contributed by atoms with Gasteiger partial charge in [0.25, 0.3) is 0 Å². The average molecular weight is 785 g/mol. The van der Waals surface area contributed by atoms with E-state index in [-0.39, 0.29) is 5.82 Å². The van der Waals surface area contributed by atoms with Gasteiger partial charge in [-0.25, -0.2) is 4.39 Å². The van der Waals surface area contributed by atoms with Gasteiger partial charge in [-0.1, -0.05) is 200 Å². The summed E-state index contributed by atoms with van der Waals surface area (Å²) in [6, 6.07) is 80.9. The van der Waals surface area contributed by atoms with Gasteiger partial charge in [-0.15, -0.1) is 0 Å². The molecule has 0 saturated carbocycles. The zero-order valence-corrected chi connectivity index (χ0v) is 33.4. The highest BCUT2D eigenvalue weighted by atomic mass is 19.1. The van der Waals surface area contributed by atoms with Crippen LogP contribution in [0.4, 0.5) is 21.5 Å². The van der Waals surface area contributed by atoms with Gasteiger partial charge in [0.15, 0.2) is 0 Å². The number of hydrogen-bond donors (Lipinski definition) is 0. The summed E-state index contributed by atoms with van der Waals surface area (Å²) in [4.78, 5) is 2.03. The molecule has 0 aliphatic carbocycles. The number of anilines is 3. The highest BCUT2D eigenvalue weighted by Gasteiger charge is 2.24. The maximum atomic E-state index is 17.0. The first-order chi connectivity index (χ1) is 30.2. The van der Waals surface area contributed by atoms with Crippen LogP contribution in [-0.2, 0) is 0 Å². The topological polar surface area (TPSA) is 8.17 Å². The van der Waals surface area contributed by atoms with Crippen molar-refractivity contribution in [3.63, 3.8) is 0 Å². The number of para-hydroxylation sites is 3. The third-order valence-corrected chi connectivity index (χ3v) is 11.2. The fourth-order valence-corrected chi connectivity index (χ4v) is 8.47. The van der Waals surface area contributed by atoms with E-state index in [0.717, 1.165) is 67.2 Å². The Labute approximate surface area is 356 Å². The number of halogens is 1. The van der Waals surface area contributed by atoms with Crippen molar-refractivity contribution in [3.8, 4) is 50.3 Å². The number of fused-ring (bicyclic) bond motifs is 1. The van der Waals surface area contributed by atoms with E-state index in [0.29, 0.717) is 5.69 Å². The number of aromatic nitrogens is 1. The summed E-state index contributed by atoms with van der Waals surface area (Å²) in [5.41, 5.74) is 14.8. The van der Waals surface area contributed by atoms with Gasteiger partial charge in [0.1, 0.15) is 5.82 Å². The Hall–Kier alpha value is -8.01. The first-order valence-corrected chi connectivity index (χ1v) is 20.6. The standard InChI is InChI=1S/C58H41FN2/c59-54-41-48(43-20-7-1-8-21-43)40-53(44-22-9-2-10-23-44)58(54)60(49-29-15-5-16-30-49)51-38-35-42(36-39-51)34-37-47-28-19-33-52-55(45-24-11-3-12-25-45)57(46-26-13-4-14-27-46)61(56(47)52)50-31-17-6-18-32-50/h1-41H. The van der Waals surface area contributed by atoms with Crippen LogP contribution in [-0.4, -0.2) is 4.57 Å². The van der Waals surface area contributed by atoms with Crippen molar-refractivity contribution in [3.05, 3.63) is 254 Å². The molecule has 0 aliphatic heterocycles. The van der Waals surface area contributed by atoms with Crippen molar-refractivity contribution in [2.24, 2.45) is 0 Å². The zero-order valence-electron chi connectivity index (χ0n) is 33.4. The summed E-state index contributed by atoms with van der Waals surface area (Å²) in [6.45, 7) is 0. The molecule has 0 aliphatic rings. The number of nitrogens with zero attached hydrogens (tertiary/aromatic N) is 2. The van der Waals surface area contributed by atoms with Crippen LogP contribution in [0.5, 0.6) is 0 Å². The molecule has 2 nitrogen and oxygen atoms in total. The summed E-state index contributed by atoms with van der Waals surface area (Å²) >= 11 is 0. The van der Waals surface area contributed by atoms with E-state index in [9.17, 15) is 0 Å². The second-order valence-corrected chi connectivity index (χ2v) is 15.1. The van der Waals surface area contributed by atoms with E-state index in [1.807, 2.05) is 95.9 Å². The van der Waals surface area contributed by atoms with E-state index in [1.54, 1.807) is 6.07 Å². The summed E-state index contributed by atoms with van der Waals surface area (Å²) < 4.78 is 19.4. The fraction of sp³-hybridized carbons (Fsp3) is 0. The highest BCUT2D eigenvalue weighted by molar-refractivity contribution is 6.09. The lowest BCUT2D eigenvalue weighted by atomic mass is 9.95. The van der Waals surface area contributed by atoms with E-state index in [2.05, 4.69) is 156 Å². The minimum Gasteiger partial charge on any atom is -0.308 e. The lowest BCUT2D eigenvalue weighted by molar-refractivity contribution is 0.630. The molecule has 0 atom stereocenters. The van der Waals surface area contributed by atoms with E-state index < -0.39 is 0 Å². The van der Waals surface area contributed by atoms with Crippen LogP contribution in [0.25, 0.3) is 73.4 Å². The van der Waals surface area contributed by atoms with Gasteiger partial charge in [0, 0.05) is 33.6 Å². The molecular formula is C58H41FN2. The van der Waals surface area contributed by atoms with Crippen molar-refractivity contribution >= 4 is 40.1 Å². The Balaban J connectivity index is 1.10. The highest BCUT2D eigenvalue weighted by Crippen LogP contribution is 2.46. The number of benzene rings is 9. The summed E-state index contributed by atoms with van der Waals surface area (Å²) in [7, 11) is 0. The molecule has 1 aromatic heterocycles. The molecular weight excluding hydrogens is 744 g/mol. The number of hydrogen-bond acceptors (Lipinski definition) is 1. The molecule has 0 bridgehead atoms. The molecule has 290 valence electrons. The summed E-state index contributed by atoms with van der Waals surface area (Å²) in [6.07, 6.45) is 4.38. The zero-order chi connectivity index (χ0) is 41.0. The molecule has 0 radical (unpaired) electrons. The fourth-order valence-electron chi connectivity index (χ4n) is 8.47. The molecule has 10 aromatic rings. The first kappa shape index (κ1) is 37.3. The Morgan fingerprint density at radius 1 is 0.410 bits per heavy atom. The lowest BCUT2D eigenvalue weighted by Gasteiger charge is -2.29. The minimum atomic E-state index is -0.299. The first-order valence-electron chi connectivity index (χ1n) is 20.6. The molecule has 0 amide bonds. The quantitative estimate of drug-likeness (QED) is 0.125. The monoisotopic (exact) mass is 784 g/mol. The predicted octanol–water partition coefficient (Wildman–Crippen LogP) is 16.1. The summed E-state index contributed by atoms with van der Waals surface area (Å²) in [5.74, 6) is -0.299. The summed E-state index contributed by atoms with van der Waals surface area (Å²) in [5, 5.41) is 1.18. The molecule has 3 heteroatoms. The van der Waals surface area contributed by atoms with Gasteiger partial charge in [-0.2, -0.15) is 0 Å². The van der Waals surface area contributed by atoms with E-state index in [1.165, 1.54) is 16.5 Å². The predicted molar refractivity (Wildman–Crippen MR) is 255 cm³/mol. The molecule has 0 saturated heterocycles. The minimum absolute atomic E-state index is 0.299. The van der Waals surface area contributed by atoms with Gasteiger partial charge in [-0.3, -0.25) is 0 Å². The Bertz CT molecular complexity index is 3090. The molecule has 9 aromatic carbocycles. The largest absolute Gasteiger partial charge is 0.308 e. The normalized spacial score (nSPS) is 11.3. The molecule has 61 heavy (non-hydrogen) atoms. The SMILES string of the molecule is Fc1cc(-c2ccccc2)cc(-c2ccccc2)c1N(c1ccccc1)c1ccc(C=Cc2cccc3c(-c4ccccc4)c(-c4ccccc4)n(-c4ccccc4)c23)cc1. The lowest BCUT2D eigenvalue weighted by Crippen LogP contribution is -2.13. The maximum Gasteiger partial charge on any atom is 0.148 e. The Kier molecular flexibility index (Phi) is 10.2. The van der Waals surface area contributed by atoms with Crippen LogP contribution in [0.3, 0.4) is 0 Å². The number of rotatable bonds is 10. The van der Waals surface area contributed by atoms with Crippen LogP contribution in [0, 0.1) is 5.82 Å². The van der Waals surface area contributed by atoms with E-state index >= 15 is 4.39 Å². The van der Waals surface area contributed by atoms with Gasteiger partial charge in [0.05, 0.1) is 16.9 Å². The van der Waals surface area contributed by atoms with Crippen molar-refractivity contribution in [1.82, 2.24) is 4.57 Å². The van der Waals surface area contributed by atoms with Gasteiger partial charge in [-0.05, 0) is 87.5 Å². The van der Waals surface area contributed by atoms with Crippen molar-refractivity contribution in [2.45, 2.75) is 0 Å². The molecule has 10 rings (SSSR count). The molecule has 0 unspecified atom stereocenters. The van der Waals surface area contributed by atoms with Gasteiger partial charge >= 0.3 is 0 Å². The third kappa shape index (κ3) is 7.35. The van der Waals surface area contributed by atoms with Crippen molar-refractivity contribution < 1.29 is 4.39 Å². The van der Waals surface area contributed by atoms with E-state index in [4.69, 9.17) is 0 Å². The molecule has 0 N–H and O–H groups in total.